The topological polar surface area (TPSA) is 66.4 Å². The van der Waals surface area contributed by atoms with Gasteiger partial charge in [0.15, 0.2) is 9.84 Å². The fourth-order valence-electron chi connectivity index (χ4n) is 1.64. The number of hydrogen-bond acceptors (Lipinski definition) is 4. The Labute approximate surface area is 123 Å². The van der Waals surface area contributed by atoms with Crippen molar-refractivity contribution in [2.75, 3.05) is 18.8 Å². The zero-order valence-electron chi connectivity index (χ0n) is 11.1. The molecule has 0 fully saturated rings. The molecule has 0 saturated carbocycles. The number of aliphatic hydroxyl groups excluding tert-OH is 1. The van der Waals surface area contributed by atoms with Crippen molar-refractivity contribution < 1.29 is 13.5 Å². The Kier molecular flexibility index (Phi) is 6.46. The van der Waals surface area contributed by atoms with Gasteiger partial charge < -0.3 is 10.4 Å². The summed E-state index contributed by atoms with van der Waals surface area (Å²) in [6, 6.07) is 6.63. The van der Waals surface area contributed by atoms with Crippen molar-refractivity contribution in [1.82, 2.24) is 5.32 Å². The molecule has 1 aromatic carbocycles. The van der Waals surface area contributed by atoms with Crippen LogP contribution >= 0.6 is 15.9 Å². The van der Waals surface area contributed by atoms with E-state index in [1.54, 1.807) is 18.2 Å². The Morgan fingerprint density at radius 3 is 2.47 bits per heavy atom. The average molecular weight is 350 g/mol. The van der Waals surface area contributed by atoms with E-state index in [1.165, 1.54) is 6.07 Å². The van der Waals surface area contributed by atoms with E-state index in [-0.39, 0.29) is 17.2 Å². The van der Waals surface area contributed by atoms with Crippen LogP contribution in [0.3, 0.4) is 0 Å². The lowest BCUT2D eigenvalue weighted by atomic mass is 10.2. The van der Waals surface area contributed by atoms with Crippen LogP contribution in [0.25, 0.3) is 0 Å². The number of rotatable bonds is 7. The van der Waals surface area contributed by atoms with Crippen molar-refractivity contribution in [3.63, 3.8) is 0 Å². The van der Waals surface area contributed by atoms with Gasteiger partial charge in [-0.3, -0.25) is 0 Å². The summed E-state index contributed by atoms with van der Waals surface area (Å²) in [5.74, 6) is 0.188. The van der Waals surface area contributed by atoms with Gasteiger partial charge in [-0.2, -0.15) is 0 Å². The van der Waals surface area contributed by atoms with Gasteiger partial charge in [0.1, 0.15) is 0 Å². The molecule has 4 nitrogen and oxygen atoms in total. The van der Waals surface area contributed by atoms with Crippen LogP contribution in [-0.2, 0) is 9.84 Å². The molecular weight excluding hydrogens is 330 g/mol. The zero-order chi connectivity index (χ0) is 14.5. The zero-order valence-corrected chi connectivity index (χ0v) is 13.5. The molecule has 0 aromatic heterocycles. The number of nitrogens with one attached hydrogen (secondary N) is 1. The fraction of sp³-hybridized carbons (Fsp3) is 0.538. The summed E-state index contributed by atoms with van der Waals surface area (Å²) in [4.78, 5) is 0.220. The van der Waals surface area contributed by atoms with Crippen LogP contribution in [0.2, 0.25) is 0 Å². The van der Waals surface area contributed by atoms with Crippen LogP contribution in [0, 0.1) is 5.92 Å². The Morgan fingerprint density at radius 2 is 1.89 bits per heavy atom. The third-order valence-electron chi connectivity index (χ3n) is 2.52. The SMILES string of the molecule is CC(C)CNCC(O)CS(=O)(=O)c1ccccc1Br. The van der Waals surface area contributed by atoms with E-state index >= 15 is 0 Å². The normalized spacial score (nSPS) is 13.7. The fourth-order valence-corrected chi connectivity index (χ4v) is 4.12. The molecule has 108 valence electrons. The summed E-state index contributed by atoms with van der Waals surface area (Å²) in [5, 5.41) is 12.8. The van der Waals surface area contributed by atoms with Gasteiger partial charge in [-0.05, 0) is 40.5 Å². The molecule has 1 rings (SSSR count). The smallest absolute Gasteiger partial charge is 0.182 e. The molecule has 0 bridgehead atoms. The summed E-state index contributed by atoms with van der Waals surface area (Å²) in [6.07, 6.45) is -0.907. The van der Waals surface area contributed by atoms with Crippen molar-refractivity contribution in [1.29, 1.82) is 0 Å². The summed E-state index contributed by atoms with van der Waals surface area (Å²) < 4.78 is 24.8. The van der Waals surface area contributed by atoms with Crippen molar-refractivity contribution in [3.8, 4) is 0 Å². The summed E-state index contributed by atoms with van der Waals surface area (Å²) >= 11 is 3.22. The van der Waals surface area contributed by atoms with E-state index in [4.69, 9.17) is 0 Å². The van der Waals surface area contributed by atoms with Crippen LogP contribution in [-0.4, -0.2) is 38.5 Å². The summed E-state index contributed by atoms with van der Waals surface area (Å²) in [6.45, 7) is 5.14. The van der Waals surface area contributed by atoms with Crippen molar-refractivity contribution in [2.45, 2.75) is 24.8 Å². The first kappa shape index (κ1) is 16.6. The maximum absolute atomic E-state index is 12.1. The molecule has 19 heavy (non-hydrogen) atoms. The minimum Gasteiger partial charge on any atom is -0.391 e. The van der Waals surface area contributed by atoms with Crippen LogP contribution in [0.4, 0.5) is 0 Å². The number of aliphatic hydroxyl groups is 1. The van der Waals surface area contributed by atoms with E-state index in [9.17, 15) is 13.5 Å². The molecule has 0 aliphatic rings. The molecule has 6 heteroatoms. The molecule has 1 atom stereocenters. The first-order chi connectivity index (χ1) is 8.83. The van der Waals surface area contributed by atoms with Crippen LogP contribution in [0.5, 0.6) is 0 Å². The molecule has 1 aromatic rings. The van der Waals surface area contributed by atoms with Gasteiger partial charge in [-0.1, -0.05) is 26.0 Å². The Balaban J connectivity index is 2.63. The molecule has 0 spiro atoms. The number of hydrogen-bond donors (Lipinski definition) is 2. The standard InChI is InChI=1S/C13H20BrNO3S/c1-10(2)7-15-8-11(16)9-19(17,18)13-6-4-3-5-12(13)14/h3-6,10-11,15-16H,7-9H2,1-2H3. The predicted molar refractivity (Wildman–Crippen MR) is 79.9 cm³/mol. The van der Waals surface area contributed by atoms with E-state index in [1.807, 2.05) is 0 Å². The molecule has 1 unspecified atom stereocenters. The highest BCUT2D eigenvalue weighted by atomic mass is 79.9. The van der Waals surface area contributed by atoms with Gasteiger partial charge in [0, 0.05) is 11.0 Å². The minimum atomic E-state index is -3.48. The van der Waals surface area contributed by atoms with Crippen LogP contribution in [0.1, 0.15) is 13.8 Å². The quantitative estimate of drug-likeness (QED) is 0.787. The van der Waals surface area contributed by atoms with Gasteiger partial charge in [-0.15, -0.1) is 0 Å². The monoisotopic (exact) mass is 349 g/mol. The Hall–Kier alpha value is -0.430. The van der Waals surface area contributed by atoms with Gasteiger partial charge in [0.2, 0.25) is 0 Å². The Bertz CT molecular complexity index is 502. The molecule has 0 saturated heterocycles. The first-order valence-corrected chi connectivity index (χ1v) is 8.63. The predicted octanol–water partition coefficient (Wildman–Crippen LogP) is 1.83. The number of halogens is 1. The first-order valence-electron chi connectivity index (χ1n) is 6.19. The third kappa shape index (κ3) is 5.60. The molecule has 0 aliphatic carbocycles. The van der Waals surface area contributed by atoms with Gasteiger partial charge in [-0.25, -0.2) is 8.42 Å². The lowest BCUT2D eigenvalue weighted by Gasteiger charge is -2.14. The van der Waals surface area contributed by atoms with Crippen LogP contribution < -0.4 is 5.32 Å². The summed E-state index contributed by atoms with van der Waals surface area (Å²) in [5.41, 5.74) is 0. The van der Waals surface area contributed by atoms with E-state index in [0.717, 1.165) is 6.54 Å². The Morgan fingerprint density at radius 1 is 1.26 bits per heavy atom. The second-order valence-electron chi connectivity index (χ2n) is 4.92. The number of benzene rings is 1. The minimum absolute atomic E-state index is 0.220. The second-order valence-corrected chi connectivity index (χ2v) is 7.77. The lowest BCUT2D eigenvalue weighted by Crippen LogP contribution is -2.34. The molecule has 0 radical (unpaired) electrons. The second kappa shape index (κ2) is 7.38. The number of sulfone groups is 1. The molecule has 0 aliphatic heterocycles. The van der Waals surface area contributed by atoms with Gasteiger partial charge in [0.25, 0.3) is 0 Å². The molecule has 0 heterocycles. The van der Waals surface area contributed by atoms with Crippen molar-refractivity contribution in [2.24, 2.45) is 5.92 Å². The maximum Gasteiger partial charge on any atom is 0.182 e. The van der Waals surface area contributed by atoms with Crippen molar-refractivity contribution in [3.05, 3.63) is 28.7 Å². The van der Waals surface area contributed by atoms with Crippen molar-refractivity contribution >= 4 is 25.8 Å². The average Bonchev–Trinajstić information content (AvgIpc) is 2.27. The van der Waals surface area contributed by atoms with E-state index in [2.05, 4.69) is 35.1 Å². The maximum atomic E-state index is 12.1. The van der Waals surface area contributed by atoms with E-state index < -0.39 is 15.9 Å². The lowest BCUT2D eigenvalue weighted by molar-refractivity contribution is 0.192. The summed E-state index contributed by atoms with van der Waals surface area (Å²) in [7, 11) is -3.48. The molecular formula is C13H20BrNO3S. The van der Waals surface area contributed by atoms with Gasteiger partial charge >= 0.3 is 0 Å². The van der Waals surface area contributed by atoms with E-state index in [0.29, 0.717) is 10.4 Å². The highest BCUT2D eigenvalue weighted by molar-refractivity contribution is 9.10. The highest BCUT2D eigenvalue weighted by Crippen LogP contribution is 2.22. The van der Waals surface area contributed by atoms with Crippen LogP contribution in [0.15, 0.2) is 33.6 Å². The highest BCUT2D eigenvalue weighted by Gasteiger charge is 2.21. The molecule has 2 N–H and O–H groups in total. The largest absolute Gasteiger partial charge is 0.391 e. The van der Waals surface area contributed by atoms with Gasteiger partial charge in [0.05, 0.1) is 16.8 Å². The third-order valence-corrected chi connectivity index (χ3v) is 5.32. The molecule has 0 amide bonds.